The fraction of sp³-hybridized carbons (Fsp3) is 0. The summed E-state index contributed by atoms with van der Waals surface area (Å²) in [6.45, 7) is 0. The molecule has 0 aliphatic carbocycles. The highest BCUT2D eigenvalue weighted by atomic mass is 127. The Morgan fingerprint density at radius 3 is 3.00 bits per heavy atom. The molecule has 11 heavy (non-hydrogen) atoms. The van der Waals surface area contributed by atoms with Crippen LogP contribution in [-0.2, 0) is 0 Å². The largest absolute Gasteiger partial charge is 0.275 e. The van der Waals surface area contributed by atoms with E-state index in [4.69, 9.17) is 0 Å². The Morgan fingerprint density at radius 2 is 2.27 bits per heavy atom. The molecule has 0 atom stereocenters. The van der Waals surface area contributed by atoms with Crippen molar-refractivity contribution in [3.63, 3.8) is 0 Å². The van der Waals surface area contributed by atoms with Crippen molar-refractivity contribution in [2.24, 2.45) is 0 Å². The van der Waals surface area contributed by atoms with Gasteiger partial charge in [0.2, 0.25) is 0 Å². The second kappa shape index (κ2) is 2.71. The molecule has 2 aromatic heterocycles. The molecule has 0 radical (unpaired) electrons. The summed E-state index contributed by atoms with van der Waals surface area (Å²) in [5.41, 5.74) is 1.03. The molecule has 2 heterocycles. The standard InChI is InChI=1S/C6H3BrIN3/c7-6-3-1-9-2-4(8)5(3)10-11-6/h1-2H,(H,10,11). The second-order valence-electron chi connectivity index (χ2n) is 2.06. The number of nitrogens with zero attached hydrogens (tertiary/aromatic N) is 2. The maximum absolute atomic E-state index is 4.05. The molecule has 0 spiro atoms. The molecule has 0 aliphatic rings. The zero-order chi connectivity index (χ0) is 7.84. The van der Waals surface area contributed by atoms with Crippen LogP contribution in [0, 0.1) is 3.57 Å². The first-order chi connectivity index (χ1) is 5.29. The van der Waals surface area contributed by atoms with Crippen LogP contribution in [0.25, 0.3) is 10.9 Å². The van der Waals surface area contributed by atoms with Gasteiger partial charge in [0.1, 0.15) is 4.60 Å². The van der Waals surface area contributed by atoms with E-state index in [9.17, 15) is 0 Å². The first-order valence-corrected chi connectivity index (χ1v) is 4.79. The zero-order valence-electron chi connectivity index (χ0n) is 5.31. The molecule has 5 heteroatoms. The third kappa shape index (κ3) is 1.16. The SMILES string of the molecule is Brc1n[nH]c2c(I)cncc12. The number of pyridine rings is 1. The monoisotopic (exact) mass is 323 g/mol. The van der Waals surface area contributed by atoms with Crippen molar-refractivity contribution in [1.82, 2.24) is 15.2 Å². The number of hydrogen-bond donors (Lipinski definition) is 1. The third-order valence-corrected chi connectivity index (χ3v) is 2.81. The molecule has 0 bridgehead atoms. The molecular formula is C6H3BrIN3. The van der Waals surface area contributed by atoms with Crippen LogP contribution in [0.15, 0.2) is 17.0 Å². The molecule has 0 saturated heterocycles. The Kier molecular flexibility index (Phi) is 1.84. The van der Waals surface area contributed by atoms with Crippen molar-refractivity contribution < 1.29 is 0 Å². The molecule has 2 rings (SSSR count). The molecule has 0 unspecified atom stereocenters. The van der Waals surface area contributed by atoms with Gasteiger partial charge in [0, 0.05) is 12.4 Å². The first kappa shape index (κ1) is 7.48. The van der Waals surface area contributed by atoms with Gasteiger partial charge < -0.3 is 0 Å². The van der Waals surface area contributed by atoms with E-state index in [2.05, 4.69) is 53.7 Å². The van der Waals surface area contributed by atoms with Gasteiger partial charge in [-0.05, 0) is 38.5 Å². The number of halogens is 2. The minimum atomic E-state index is 0.818. The molecular weight excluding hydrogens is 321 g/mol. The van der Waals surface area contributed by atoms with Crippen molar-refractivity contribution in [3.05, 3.63) is 20.6 Å². The van der Waals surface area contributed by atoms with E-state index in [0.717, 1.165) is 19.1 Å². The van der Waals surface area contributed by atoms with Crippen LogP contribution in [0.1, 0.15) is 0 Å². The van der Waals surface area contributed by atoms with Gasteiger partial charge in [0.25, 0.3) is 0 Å². The lowest BCUT2D eigenvalue weighted by atomic mass is 10.3. The lowest BCUT2D eigenvalue weighted by Gasteiger charge is -1.89. The van der Waals surface area contributed by atoms with E-state index in [-0.39, 0.29) is 0 Å². The molecule has 0 aromatic carbocycles. The van der Waals surface area contributed by atoms with Gasteiger partial charge in [-0.1, -0.05) is 0 Å². The number of hydrogen-bond acceptors (Lipinski definition) is 2. The normalized spacial score (nSPS) is 10.7. The molecule has 1 N–H and O–H groups in total. The fourth-order valence-electron chi connectivity index (χ4n) is 0.870. The second-order valence-corrected chi connectivity index (χ2v) is 3.97. The Bertz CT molecular complexity index is 398. The number of rotatable bonds is 0. The zero-order valence-corrected chi connectivity index (χ0v) is 9.05. The van der Waals surface area contributed by atoms with E-state index in [1.165, 1.54) is 0 Å². The van der Waals surface area contributed by atoms with Crippen LogP contribution in [-0.4, -0.2) is 15.2 Å². The van der Waals surface area contributed by atoms with Crippen LogP contribution in [0.4, 0.5) is 0 Å². The van der Waals surface area contributed by atoms with Gasteiger partial charge in [-0.15, -0.1) is 0 Å². The summed E-state index contributed by atoms with van der Waals surface area (Å²) >= 11 is 5.53. The van der Waals surface area contributed by atoms with Crippen molar-refractivity contribution in [1.29, 1.82) is 0 Å². The Hall–Kier alpha value is -0.170. The topological polar surface area (TPSA) is 41.6 Å². The fourth-order valence-corrected chi connectivity index (χ4v) is 1.83. The molecule has 3 nitrogen and oxygen atoms in total. The summed E-state index contributed by atoms with van der Waals surface area (Å²) in [4.78, 5) is 4.05. The number of nitrogens with one attached hydrogen (secondary N) is 1. The number of H-pyrrole nitrogens is 1. The van der Waals surface area contributed by atoms with Crippen LogP contribution < -0.4 is 0 Å². The summed E-state index contributed by atoms with van der Waals surface area (Å²) in [5.74, 6) is 0. The van der Waals surface area contributed by atoms with Crippen molar-refractivity contribution in [2.75, 3.05) is 0 Å². The average Bonchev–Trinajstić information content (AvgIpc) is 2.35. The minimum Gasteiger partial charge on any atom is -0.275 e. The molecule has 2 aromatic rings. The third-order valence-electron chi connectivity index (χ3n) is 1.39. The maximum atomic E-state index is 4.05. The van der Waals surface area contributed by atoms with Crippen molar-refractivity contribution in [2.45, 2.75) is 0 Å². The summed E-state index contributed by atoms with van der Waals surface area (Å²) in [6, 6.07) is 0. The number of fused-ring (bicyclic) bond motifs is 1. The van der Waals surface area contributed by atoms with Gasteiger partial charge >= 0.3 is 0 Å². The smallest absolute Gasteiger partial charge is 0.137 e. The lowest BCUT2D eigenvalue weighted by Crippen LogP contribution is -1.77. The predicted octanol–water partition coefficient (Wildman–Crippen LogP) is 2.33. The molecule has 0 fully saturated rings. The molecule has 0 amide bonds. The lowest BCUT2D eigenvalue weighted by molar-refractivity contribution is 1.09. The van der Waals surface area contributed by atoms with Crippen LogP contribution in [0.2, 0.25) is 0 Å². The van der Waals surface area contributed by atoms with Gasteiger partial charge in [-0.3, -0.25) is 10.1 Å². The molecule has 0 saturated carbocycles. The van der Waals surface area contributed by atoms with Gasteiger partial charge in [0.05, 0.1) is 14.5 Å². The van der Waals surface area contributed by atoms with Crippen molar-refractivity contribution >= 4 is 49.4 Å². The number of aromatic amines is 1. The van der Waals surface area contributed by atoms with E-state index >= 15 is 0 Å². The van der Waals surface area contributed by atoms with Gasteiger partial charge in [-0.2, -0.15) is 5.10 Å². The van der Waals surface area contributed by atoms with Crippen molar-refractivity contribution in [3.8, 4) is 0 Å². The Morgan fingerprint density at radius 1 is 1.45 bits per heavy atom. The highest BCUT2D eigenvalue weighted by molar-refractivity contribution is 14.1. The predicted molar refractivity (Wildman–Crippen MR) is 54.3 cm³/mol. The Labute approximate surface area is 84.9 Å². The molecule has 56 valence electrons. The van der Waals surface area contributed by atoms with E-state index in [0.29, 0.717) is 0 Å². The average molecular weight is 324 g/mol. The van der Waals surface area contributed by atoms with E-state index < -0.39 is 0 Å². The van der Waals surface area contributed by atoms with E-state index in [1.807, 2.05) is 0 Å². The van der Waals surface area contributed by atoms with Gasteiger partial charge in [0.15, 0.2) is 0 Å². The summed E-state index contributed by atoms with van der Waals surface area (Å²) in [7, 11) is 0. The number of aromatic nitrogens is 3. The van der Waals surface area contributed by atoms with Gasteiger partial charge in [-0.25, -0.2) is 0 Å². The quantitative estimate of drug-likeness (QED) is 0.756. The summed E-state index contributed by atoms with van der Waals surface area (Å²) in [6.07, 6.45) is 3.58. The first-order valence-electron chi connectivity index (χ1n) is 2.92. The highest BCUT2D eigenvalue weighted by Gasteiger charge is 2.04. The highest BCUT2D eigenvalue weighted by Crippen LogP contribution is 2.22. The Balaban J connectivity index is 2.94. The minimum absolute atomic E-state index is 0.818. The molecule has 0 aliphatic heterocycles. The summed E-state index contributed by atoms with van der Waals surface area (Å²) < 4.78 is 1.90. The summed E-state index contributed by atoms with van der Waals surface area (Å²) in [5, 5.41) is 7.94. The van der Waals surface area contributed by atoms with Crippen LogP contribution >= 0.6 is 38.5 Å². The van der Waals surface area contributed by atoms with E-state index in [1.54, 1.807) is 12.4 Å². The van der Waals surface area contributed by atoms with Crippen LogP contribution in [0.5, 0.6) is 0 Å². The van der Waals surface area contributed by atoms with Crippen LogP contribution in [0.3, 0.4) is 0 Å². The maximum Gasteiger partial charge on any atom is 0.137 e.